The van der Waals surface area contributed by atoms with Gasteiger partial charge in [0.05, 0.1) is 0 Å². The zero-order valence-corrected chi connectivity index (χ0v) is 18.2. The van der Waals surface area contributed by atoms with E-state index in [0.717, 1.165) is 36.7 Å². The van der Waals surface area contributed by atoms with Gasteiger partial charge in [-0.1, -0.05) is 72.1 Å². The van der Waals surface area contributed by atoms with Crippen molar-refractivity contribution in [3.8, 4) is 0 Å². The van der Waals surface area contributed by atoms with Crippen LogP contribution in [0.25, 0.3) is 0 Å². The maximum Gasteiger partial charge on any atom is 0.159 e. The molecule has 25 heavy (non-hydrogen) atoms. The lowest BCUT2D eigenvalue weighted by Gasteiger charge is -2.25. The predicted molar refractivity (Wildman–Crippen MR) is 111 cm³/mol. The molecule has 0 unspecified atom stereocenters. The fourth-order valence-electron chi connectivity index (χ4n) is 4.45. The van der Waals surface area contributed by atoms with E-state index in [9.17, 15) is 4.79 Å². The molecule has 0 N–H and O–H groups in total. The van der Waals surface area contributed by atoms with Crippen molar-refractivity contribution in [2.24, 2.45) is 23.7 Å². The maximum atomic E-state index is 11.7. The molecule has 0 fully saturated rings. The molecule has 0 saturated carbocycles. The molecular weight excluding hydrogens is 304 g/mol. The summed E-state index contributed by atoms with van der Waals surface area (Å²) in [7, 11) is 0. The minimum absolute atomic E-state index is 0.393. The van der Waals surface area contributed by atoms with Crippen molar-refractivity contribution >= 4 is 5.78 Å². The van der Waals surface area contributed by atoms with E-state index in [1.165, 1.54) is 31.3 Å². The molecule has 0 amide bonds. The summed E-state index contributed by atoms with van der Waals surface area (Å²) in [5.41, 5.74) is 6.06. The summed E-state index contributed by atoms with van der Waals surface area (Å²) in [6.45, 7) is 18.0. The number of Topliss-reactive ketones (excluding diaryl/α,β-unsaturated/α-hetero) is 1. The third kappa shape index (κ3) is 6.42. The molecule has 2 aliphatic carbocycles. The third-order valence-corrected chi connectivity index (χ3v) is 5.72. The van der Waals surface area contributed by atoms with E-state index < -0.39 is 0 Å². The van der Waals surface area contributed by atoms with Gasteiger partial charge >= 0.3 is 0 Å². The molecule has 0 saturated heterocycles. The van der Waals surface area contributed by atoms with Gasteiger partial charge in [-0.25, -0.2) is 0 Å². The number of ketones is 1. The molecule has 0 radical (unpaired) electrons. The number of carbonyl (C=O) groups is 1. The second-order valence-corrected chi connectivity index (χ2v) is 9.09. The van der Waals surface area contributed by atoms with Gasteiger partial charge in [-0.05, 0) is 67.8 Å². The van der Waals surface area contributed by atoms with Gasteiger partial charge in [0.15, 0.2) is 5.78 Å². The highest BCUT2D eigenvalue weighted by Crippen LogP contribution is 2.34. The maximum absolute atomic E-state index is 11.7. The number of rotatable bonds is 4. The molecule has 0 aliphatic heterocycles. The van der Waals surface area contributed by atoms with Crippen molar-refractivity contribution in [2.45, 2.75) is 100 Å². The summed E-state index contributed by atoms with van der Waals surface area (Å²) in [5, 5.41) is 0. The quantitative estimate of drug-likeness (QED) is 0.481. The van der Waals surface area contributed by atoms with Crippen LogP contribution in [0.1, 0.15) is 100 Å². The highest BCUT2D eigenvalue weighted by molar-refractivity contribution is 5.97. The first-order chi connectivity index (χ1) is 11.7. The normalized spacial score (nSPS) is 19.3. The first-order valence-corrected chi connectivity index (χ1v) is 10.6. The average molecular weight is 347 g/mol. The van der Waals surface area contributed by atoms with Crippen LogP contribution in [-0.2, 0) is 4.79 Å². The van der Waals surface area contributed by atoms with Crippen LogP contribution < -0.4 is 0 Å². The topological polar surface area (TPSA) is 17.1 Å². The van der Waals surface area contributed by atoms with Gasteiger partial charge in [-0.15, -0.1) is 0 Å². The van der Waals surface area contributed by atoms with E-state index in [4.69, 9.17) is 0 Å². The van der Waals surface area contributed by atoms with Crippen LogP contribution in [0.5, 0.6) is 0 Å². The largest absolute Gasteiger partial charge is 0.295 e. The fourth-order valence-corrected chi connectivity index (χ4v) is 4.45. The van der Waals surface area contributed by atoms with E-state index in [0.29, 0.717) is 17.6 Å². The minimum atomic E-state index is 0.393. The lowest BCUT2D eigenvalue weighted by atomic mass is 9.80. The number of hydrogen-bond donors (Lipinski definition) is 0. The molecule has 1 heteroatoms. The summed E-state index contributed by atoms with van der Waals surface area (Å²) in [4.78, 5) is 11.7. The molecule has 1 nitrogen and oxygen atoms in total. The zero-order valence-electron chi connectivity index (χ0n) is 18.2. The summed E-state index contributed by atoms with van der Waals surface area (Å²) in [6, 6.07) is 0. The highest BCUT2D eigenvalue weighted by atomic mass is 16.1. The van der Waals surface area contributed by atoms with E-state index in [-0.39, 0.29) is 0 Å². The summed E-state index contributed by atoms with van der Waals surface area (Å²) in [6.07, 6.45) is 8.53. The monoisotopic (exact) mass is 346 g/mol. The predicted octanol–water partition coefficient (Wildman–Crippen LogP) is 7.52. The van der Waals surface area contributed by atoms with Gasteiger partial charge in [-0.3, -0.25) is 4.79 Å². The third-order valence-electron chi connectivity index (χ3n) is 5.72. The van der Waals surface area contributed by atoms with Gasteiger partial charge in [0.2, 0.25) is 0 Å². The van der Waals surface area contributed by atoms with Crippen molar-refractivity contribution in [3.63, 3.8) is 0 Å². The Hall–Kier alpha value is -0.850. The SMILES string of the molecule is CC(C)C1=C(C(C)C)C(=O)CCC1.CC(C)C1=C(C(C)C)CCCC1. The van der Waals surface area contributed by atoms with Crippen LogP contribution in [-0.4, -0.2) is 5.78 Å². The van der Waals surface area contributed by atoms with E-state index in [2.05, 4.69) is 55.4 Å². The van der Waals surface area contributed by atoms with Gasteiger partial charge < -0.3 is 0 Å². The minimum Gasteiger partial charge on any atom is -0.295 e. The Morgan fingerprint density at radius 3 is 1.24 bits per heavy atom. The molecule has 0 bridgehead atoms. The fraction of sp³-hybridized carbons (Fsp3) is 0.792. The van der Waals surface area contributed by atoms with Gasteiger partial charge in [0.1, 0.15) is 0 Å². The van der Waals surface area contributed by atoms with Crippen molar-refractivity contribution in [1.29, 1.82) is 0 Å². The Morgan fingerprint density at radius 2 is 0.920 bits per heavy atom. The van der Waals surface area contributed by atoms with Crippen molar-refractivity contribution in [2.75, 3.05) is 0 Å². The van der Waals surface area contributed by atoms with Gasteiger partial charge in [0.25, 0.3) is 0 Å². The summed E-state index contributed by atoms with van der Waals surface area (Å²) < 4.78 is 0. The Balaban J connectivity index is 0.000000251. The highest BCUT2D eigenvalue weighted by Gasteiger charge is 2.23. The van der Waals surface area contributed by atoms with Crippen LogP contribution in [0.2, 0.25) is 0 Å². The summed E-state index contributed by atoms with van der Waals surface area (Å²) >= 11 is 0. The summed E-state index contributed by atoms with van der Waals surface area (Å²) in [5.74, 6) is 2.90. The zero-order chi connectivity index (χ0) is 19.1. The van der Waals surface area contributed by atoms with Crippen LogP contribution in [0, 0.1) is 23.7 Å². The van der Waals surface area contributed by atoms with E-state index in [1.807, 2.05) is 0 Å². The van der Waals surface area contributed by atoms with Crippen molar-refractivity contribution in [1.82, 2.24) is 0 Å². The molecule has 0 aromatic heterocycles. The Bertz CT molecular complexity index is 480. The number of carbonyl (C=O) groups excluding carboxylic acids is 1. The number of allylic oxidation sites excluding steroid dienone is 4. The molecule has 2 aliphatic rings. The number of hydrogen-bond acceptors (Lipinski definition) is 1. The molecule has 144 valence electrons. The second kappa shape index (κ2) is 10.3. The first-order valence-electron chi connectivity index (χ1n) is 10.6. The van der Waals surface area contributed by atoms with E-state index >= 15 is 0 Å². The molecule has 0 spiro atoms. The van der Waals surface area contributed by atoms with Crippen LogP contribution in [0.4, 0.5) is 0 Å². The molecular formula is C24H42O. The smallest absolute Gasteiger partial charge is 0.159 e. The Morgan fingerprint density at radius 1 is 0.520 bits per heavy atom. The second-order valence-electron chi connectivity index (χ2n) is 9.09. The van der Waals surface area contributed by atoms with Crippen LogP contribution in [0.15, 0.2) is 22.3 Å². The van der Waals surface area contributed by atoms with Crippen LogP contribution in [0.3, 0.4) is 0 Å². The lowest BCUT2D eigenvalue weighted by Crippen LogP contribution is -2.18. The van der Waals surface area contributed by atoms with Crippen molar-refractivity contribution in [3.05, 3.63) is 22.3 Å². The standard InChI is InChI=1S/C12H20O.C12H22/c1-8(2)10-6-5-7-11(13)12(10)9(3)4;1-9(2)11-7-5-6-8-12(11)10(3)4/h8-9H,5-7H2,1-4H3;9-10H,5-8H2,1-4H3. The van der Waals surface area contributed by atoms with Gasteiger partial charge in [-0.2, -0.15) is 0 Å². The molecule has 2 rings (SSSR count). The first kappa shape index (κ1) is 22.2. The van der Waals surface area contributed by atoms with Crippen LogP contribution >= 0.6 is 0 Å². The lowest BCUT2D eigenvalue weighted by molar-refractivity contribution is -0.116. The molecule has 0 atom stereocenters. The van der Waals surface area contributed by atoms with Crippen molar-refractivity contribution < 1.29 is 4.79 Å². The van der Waals surface area contributed by atoms with E-state index in [1.54, 1.807) is 11.1 Å². The molecule has 0 aromatic rings. The Kier molecular flexibility index (Phi) is 9.17. The average Bonchev–Trinajstić information content (AvgIpc) is 2.54. The molecule has 0 aromatic carbocycles. The Labute approximate surface area is 157 Å². The molecule has 0 heterocycles. The van der Waals surface area contributed by atoms with Gasteiger partial charge in [0, 0.05) is 6.42 Å².